The minimum absolute atomic E-state index is 0.286. The van der Waals surface area contributed by atoms with E-state index in [-0.39, 0.29) is 6.61 Å². The van der Waals surface area contributed by atoms with Gasteiger partial charge in [0.05, 0.1) is 11.6 Å². The molecule has 6 heteroatoms. The lowest BCUT2D eigenvalue weighted by Gasteiger charge is -2.27. The zero-order chi connectivity index (χ0) is 16.0. The lowest BCUT2D eigenvalue weighted by molar-refractivity contribution is -0.145. The smallest absolute Gasteiger partial charge is 0.326 e. The zero-order valence-electron chi connectivity index (χ0n) is 12.2. The van der Waals surface area contributed by atoms with E-state index in [9.17, 15) is 9.59 Å². The second-order valence-electron chi connectivity index (χ2n) is 5.63. The van der Waals surface area contributed by atoms with Gasteiger partial charge in [-0.2, -0.15) is 5.26 Å². The highest BCUT2D eigenvalue weighted by molar-refractivity contribution is 5.84. The number of nitrogens with zero attached hydrogens (tertiary/aromatic N) is 1. The second-order valence-corrected chi connectivity index (χ2v) is 5.63. The molecule has 0 spiro atoms. The van der Waals surface area contributed by atoms with Gasteiger partial charge in [0.1, 0.15) is 11.8 Å². The highest BCUT2D eigenvalue weighted by Crippen LogP contribution is 2.19. The molecule has 1 amide bonds. The van der Waals surface area contributed by atoms with Crippen molar-refractivity contribution in [3.63, 3.8) is 0 Å². The van der Waals surface area contributed by atoms with E-state index in [0.717, 1.165) is 0 Å². The summed E-state index contributed by atoms with van der Waals surface area (Å²) in [4.78, 5) is 22.9. The van der Waals surface area contributed by atoms with E-state index in [0.29, 0.717) is 11.3 Å². The molecule has 0 aromatic heterocycles. The van der Waals surface area contributed by atoms with Gasteiger partial charge in [-0.25, -0.2) is 4.79 Å². The van der Waals surface area contributed by atoms with Crippen LogP contribution in [0, 0.1) is 16.7 Å². The maximum absolute atomic E-state index is 11.7. The van der Waals surface area contributed by atoms with Crippen LogP contribution in [0.25, 0.3) is 0 Å². The van der Waals surface area contributed by atoms with Crippen LogP contribution in [-0.4, -0.2) is 29.6 Å². The summed E-state index contributed by atoms with van der Waals surface area (Å²) in [6.45, 7) is 4.90. The molecule has 0 aliphatic heterocycles. The molecule has 0 saturated carbocycles. The zero-order valence-corrected chi connectivity index (χ0v) is 12.2. The normalized spacial score (nSPS) is 12.1. The maximum Gasteiger partial charge on any atom is 0.326 e. The number of nitrogens with one attached hydrogen (secondary N) is 1. The van der Waals surface area contributed by atoms with Crippen molar-refractivity contribution in [3.8, 4) is 11.8 Å². The van der Waals surface area contributed by atoms with E-state index < -0.39 is 23.3 Å². The van der Waals surface area contributed by atoms with Gasteiger partial charge in [0.2, 0.25) is 0 Å². The van der Waals surface area contributed by atoms with E-state index in [1.54, 1.807) is 45.0 Å². The fraction of sp³-hybridized carbons (Fsp3) is 0.400. The van der Waals surface area contributed by atoms with E-state index in [1.165, 1.54) is 0 Å². The molecule has 1 aromatic rings. The largest absolute Gasteiger partial charge is 0.484 e. The number of carbonyl (C=O) groups excluding carboxylic acids is 1. The number of carboxylic acids is 1. The standard InChI is InChI=1S/C15H18N2O4/c1-15(2,3)13(14(19)20)17-12(18)9-21-11-6-4-10(8-16)5-7-11/h4-7,13H,9H2,1-3H3,(H,17,18)(H,19,20)/t13-/m0/s1. The molecule has 1 atom stereocenters. The summed E-state index contributed by atoms with van der Waals surface area (Å²) >= 11 is 0. The summed E-state index contributed by atoms with van der Waals surface area (Å²) in [6, 6.07) is 7.27. The van der Waals surface area contributed by atoms with E-state index in [2.05, 4.69) is 5.32 Å². The van der Waals surface area contributed by atoms with Crippen molar-refractivity contribution < 1.29 is 19.4 Å². The topological polar surface area (TPSA) is 99.4 Å². The summed E-state index contributed by atoms with van der Waals surface area (Å²) in [7, 11) is 0. The van der Waals surface area contributed by atoms with Gasteiger partial charge in [-0.3, -0.25) is 4.79 Å². The molecule has 0 unspecified atom stereocenters. The number of amides is 1. The quantitative estimate of drug-likeness (QED) is 0.857. The van der Waals surface area contributed by atoms with Gasteiger partial charge < -0.3 is 15.2 Å². The second kappa shape index (κ2) is 6.75. The van der Waals surface area contributed by atoms with Crippen LogP contribution in [0.15, 0.2) is 24.3 Å². The average molecular weight is 290 g/mol. The number of carbonyl (C=O) groups is 2. The molecule has 0 bridgehead atoms. The monoisotopic (exact) mass is 290 g/mol. The van der Waals surface area contributed by atoms with Gasteiger partial charge in [0.25, 0.3) is 5.91 Å². The number of hydrogen-bond acceptors (Lipinski definition) is 4. The molecular weight excluding hydrogens is 272 g/mol. The predicted octanol–water partition coefficient (Wildman–Crippen LogP) is 1.55. The van der Waals surface area contributed by atoms with Crippen LogP contribution in [0.1, 0.15) is 26.3 Å². The first-order valence-corrected chi connectivity index (χ1v) is 6.39. The third-order valence-electron chi connectivity index (χ3n) is 2.77. The van der Waals surface area contributed by atoms with Crippen LogP contribution >= 0.6 is 0 Å². The van der Waals surface area contributed by atoms with Crippen LogP contribution in [0.3, 0.4) is 0 Å². The number of hydrogen-bond donors (Lipinski definition) is 2. The minimum atomic E-state index is -1.09. The summed E-state index contributed by atoms with van der Waals surface area (Å²) in [6.07, 6.45) is 0. The van der Waals surface area contributed by atoms with Crippen LogP contribution in [0.2, 0.25) is 0 Å². The highest BCUT2D eigenvalue weighted by Gasteiger charge is 2.32. The third kappa shape index (κ3) is 5.15. The van der Waals surface area contributed by atoms with Crippen LogP contribution < -0.4 is 10.1 Å². The maximum atomic E-state index is 11.7. The summed E-state index contributed by atoms with van der Waals surface area (Å²) in [5, 5.41) is 20.2. The Morgan fingerprint density at radius 1 is 1.33 bits per heavy atom. The Kier molecular flexibility index (Phi) is 5.30. The van der Waals surface area contributed by atoms with Crippen LogP contribution in [0.5, 0.6) is 5.75 Å². The van der Waals surface area contributed by atoms with Crippen molar-refractivity contribution in [1.82, 2.24) is 5.32 Å². The minimum Gasteiger partial charge on any atom is -0.484 e. The predicted molar refractivity (Wildman–Crippen MR) is 75.7 cm³/mol. The Morgan fingerprint density at radius 3 is 2.33 bits per heavy atom. The fourth-order valence-electron chi connectivity index (χ4n) is 1.63. The van der Waals surface area contributed by atoms with E-state index in [1.807, 2.05) is 6.07 Å². The molecule has 0 saturated heterocycles. The first-order chi connectivity index (χ1) is 9.74. The Morgan fingerprint density at radius 2 is 1.90 bits per heavy atom. The average Bonchev–Trinajstić information content (AvgIpc) is 2.41. The number of rotatable bonds is 5. The Labute approximate surface area is 123 Å². The number of aliphatic carboxylic acids is 1. The highest BCUT2D eigenvalue weighted by atomic mass is 16.5. The molecule has 0 fully saturated rings. The molecule has 6 nitrogen and oxygen atoms in total. The van der Waals surface area contributed by atoms with Gasteiger partial charge in [-0.15, -0.1) is 0 Å². The van der Waals surface area contributed by atoms with Crippen LogP contribution in [-0.2, 0) is 9.59 Å². The van der Waals surface area contributed by atoms with Crippen molar-refractivity contribution in [1.29, 1.82) is 5.26 Å². The molecular formula is C15H18N2O4. The number of benzene rings is 1. The first kappa shape index (κ1) is 16.5. The molecule has 1 rings (SSSR count). The van der Waals surface area contributed by atoms with Crippen molar-refractivity contribution in [3.05, 3.63) is 29.8 Å². The number of ether oxygens (including phenoxy) is 1. The van der Waals surface area contributed by atoms with Gasteiger partial charge in [0, 0.05) is 0 Å². The van der Waals surface area contributed by atoms with Gasteiger partial charge in [-0.1, -0.05) is 20.8 Å². The Bertz CT molecular complexity index is 553. The molecule has 0 aliphatic rings. The third-order valence-corrected chi connectivity index (χ3v) is 2.77. The summed E-state index contributed by atoms with van der Waals surface area (Å²) in [5.41, 5.74) is -0.110. The molecule has 112 valence electrons. The Balaban J connectivity index is 2.57. The van der Waals surface area contributed by atoms with E-state index in [4.69, 9.17) is 15.1 Å². The molecule has 0 aliphatic carbocycles. The van der Waals surface area contributed by atoms with Crippen molar-refractivity contribution in [2.75, 3.05) is 6.61 Å². The lowest BCUT2D eigenvalue weighted by Crippen LogP contribution is -2.50. The summed E-state index contributed by atoms with van der Waals surface area (Å²) < 4.78 is 5.25. The Hall–Kier alpha value is -2.55. The summed E-state index contributed by atoms with van der Waals surface area (Å²) in [5.74, 6) is -1.16. The van der Waals surface area contributed by atoms with Gasteiger partial charge in [-0.05, 0) is 29.7 Å². The molecule has 0 heterocycles. The van der Waals surface area contributed by atoms with Crippen molar-refractivity contribution in [2.24, 2.45) is 5.41 Å². The van der Waals surface area contributed by atoms with Gasteiger partial charge >= 0.3 is 5.97 Å². The van der Waals surface area contributed by atoms with E-state index >= 15 is 0 Å². The van der Waals surface area contributed by atoms with Crippen molar-refractivity contribution in [2.45, 2.75) is 26.8 Å². The van der Waals surface area contributed by atoms with Crippen molar-refractivity contribution >= 4 is 11.9 Å². The SMILES string of the molecule is CC(C)(C)[C@@H](NC(=O)COc1ccc(C#N)cc1)C(=O)O. The van der Waals surface area contributed by atoms with Crippen LogP contribution in [0.4, 0.5) is 0 Å². The molecule has 2 N–H and O–H groups in total. The fourth-order valence-corrected chi connectivity index (χ4v) is 1.63. The molecule has 1 aromatic carbocycles. The first-order valence-electron chi connectivity index (χ1n) is 6.39. The number of carboxylic acid groups (broad SMARTS) is 1. The van der Waals surface area contributed by atoms with Gasteiger partial charge in [0.15, 0.2) is 6.61 Å². The lowest BCUT2D eigenvalue weighted by atomic mass is 9.87. The number of nitriles is 1. The molecule has 0 radical (unpaired) electrons. The molecule has 21 heavy (non-hydrogen) atoms.